The van der Waals surface area contributed by atoms with E-state index < -0.39 is 17.7 Å². The van der Waals surface area contributed by atoms with Crippen LogP contribution in [0, 0.1) is 0 Å². The summed E-state index contributed by atoms with van der Waals surface area (Å²) in [5.74, 6) is -1.08. The van der Waals surface area contributed by atoms with Crippen molar-refractivity contribution in [3.05, 3.63) is 23.8 Å². The van der Waals surface area contributed by atoms with Gasteiger partial charge in [0.05, 0.1) is 10.9 Å². The summed E-state index contributed by atoms with van der Waals surface area (Å²) in [4.78, 5) is 9.00. The third-order valence-corrected chi connectivity index (χ3v) is 1.83. The van der Waals surface area contributed by atoms with E-state index in [0.29, 0.717) is 0 Å². The Hall–Kier alpha value is -2.25. The molecule has 18 heavy (non-hydrogen) atoms. The maximum Gasteiger partial charge on any atom is 0.417 e. The van der Waals surface area contributed by atoms with Gasteiger partial charge >= 0.3 is 6.18 Å². The fourth-order valence-electron chi connectivity index (χ4n) is 1.25. The number of aromatic nitrogens is 1. The first-order valence-electron chi connectivity index (χ1n) is 4.64. The molecule has 0 saturated carbocycles. The second kappa shape index (κ2) is 4.94. The minimum absolute atomic E-state index is 0.0392. The maximum atomic E-state index is 12.5. The van der Waals surface area contributed by atoms with E-state index in [1.54, 1.807) is 0 Å². The zero-order chi connectivity index (χ0) is 13.9. The average molecular weight is 262 g/mol. The number of carboxylic acids is 1. The highest BCUT2D eigenvalue weighted by molar-refractivity contribution is 5.90. The second-order valence-corrected chi connectivity index (χ2v) is 3.26. The fourth-order valence-corrected chi connectivity index (χ4v) is 1.25. The smallest absolute Gasteiger partial charge is 0.417 e. The highest BCUT2D eigenvalue weighted by Crippen LogP contribution is 2.36. The van der Waals surface area contributed by atoms with Crippen LogP contribution in [-0.4, -0.2) is 16.2 Å². The van der Waals surface area contributed by atoms with Crippen LogP contribution in [0.15, 0.2) is 22.7 Å². The van der Waals surface area contributed by atoms with Crippen LogP contribution in [0.4, 0.5) is 19.0 Å². The maximum absolute atomic E-state index is 12.5. The predicted molar refractivity (Wildman–Crippen MR) is 56.7 cm³/mol. The Morgan fingerprint density at radius 2 is 2.00 bits per heavy atom. The summed E-state index contributed by atoms with van der Waals surface area (Å²) in [5.41, 5.74) is 4.48. The van der Waals surface area contributed by atoms with E-state index in [2.05, 4.69) is 9.68 Å². The molecule has 3 N–H and O–H groups in total. The van der Waals surface area contributed by atoms with Gasteiger partial charge in [-0.1, -0.05) is 11.2 Å². The molecule has 0 saturated heterocycles. The lowest BCUT2D eigenvalue weighted by molar-refractivity contribution is -0.136. The molecule has 0 bridgehead atoms. The van der Waals surface area contributed by atoms with Gasteiger partial charge in [0.2, 0.25) is 0 Å². The van der Waals surface area contributed by atoms with Gasteiger partial charge in [-0.25, -0.2) is 0 Å². The molecule has 0 radical (unpaired) electrons. The SMILES string of the molecule is CC(=O)O.Nc1noc2cccc(C(F)(F)F)c12. The van der Waals surface area contributed by atoms with E-state index in [-0.39, 0.29) is 16.8 Å². The van der Waals surface area contributed by atoms with Crippen molar-refractivity contribution in [1.29, 1.82) is 0 Å². The molecule has 0 unspecified atom stereocenters. The van der Waals surface area contributed by atoms with Crippen molar-refractivity contribution >= 4 is 22.8 Å². The van der Waals surface area contributed by atoms with Crippen molar-refractivity contribution in [3.8, 4) is 0 Å². The van der Waals surface area contributed by atoms with E-state index in [1.165, 1.54) is 12.1 Å². The molecule has 0 aliphatic rings. The molecule has 98 valence electrons. The molecule has 1 aromatic heterocycles. The first-order valence-corrected chi connectivity index (χ1v) is 4.64. The van der Waals surface area contributed by atoms with E-state index >= 15 is 0 Å². The number of benzene rings is 1. The monoisotopic (exact) mass is 262 g/mol. The molecule has 0 amide bonds. The van der Waals surface area contributed by atoms with Crippen molar-refractivity contribution in [1.82, 2.24) is 5.16 Å². The molecular formula is C10H9F3N2O3. The number of aliphatic carboxylic acids is 1. The van der Waals surface area contributed by atoms with Crippen molar-refractivity contribution in [3.63, 3.8) is 0 Å². The second-order valence-electron chi connectivity index (χ2n) is 3.26. The number of anilines is 1. The van der Waals surface area contributed by atoms with Crippen LogP contribution in [0.5, 0.6) is 0 Å². The van der Waals surface area contributed by atoms with E-state index in [1.807, 2.05) is 0 Å². The van der Waals surface area contributed by atoms with Crippen LogP contribution in [-0.2, 0) is 11.0 Å². The van der Waals surface area contributed by atoms with Crippen LogP contribution >= 0.6 is 0 Å². The number of rotatable bonds is 0. The molecular weight excluding hydrogens is 253 g/mol. The first-order chi connectivity index (χ1) is 8.23. The van der Waals surface area contributed by atoms with Gasteiger partial charge < -0.3 is 15.4 Å². The van der Waals surface area contributed by atoms with Crippen molar-refractivity contribution in [2.75, 3.05) is 5.73 Å². The number of nitrogen functional groups attached to an aromatic ring is 1. The van der Waals surface area contributed by atoms with Crippen LogP contribution < -0.4 is 5.73 Å². The highest BCUT2D eigenvalue weighted by atomic mass is 19.4. The Labute approximate surface area is 99.0 Å². The molecule has 8 heteroatoms. The average Bonchev–Trinajstić information content (AvgIpc) is 2.58. The van der Waals surface area contributed by atoms with Gasteiger partial charge in [0.15, 0.2) is 11.4 Å². The molecule has 0 spiro atoms. The number of fused-ring (bicyclic) bond motifs is 1. The van der Waals surface area contributed by atoms with Gasteiger partial charge in [-0.2, -0.15) is 13.2 Å². The Kier molecular flexibility index (Phi) is 3.79. The van der Waals surface area contributed by atoms with E-state index in [9.17, 15) is 13.2 Å². The van der Waals surface area contributed by atoms with E-state index in [4.69, 9.17) is 15.6 Å². The summed E-state index contributed by atoms with van der Waals surface area (Å²) >= 11 is 0. The fraction of sp³-hybridized carbons (Fsp3) is 0.200. The van der Waals surface area contributed by atoms with Gasteiger partial charge in [-0.05, 0) is 12.1 Å². The van der Waals surface area contributed by atoms with Gasteiger partial charge in [0.1, 0.15) is 0 Å². The Morgan fingerprint density at radius 3 is 2.50 bits per heavy atom. The standard InChI is InChI=1S/C8H5F3N2O.C2H4O2/c9-8(10,11)4-2-1-3-5-6(4)7(12)13-14-5;1-2(3)4/h1-3H,(H2,12,13);1H3,(H,3,4). The Balaban J connectivity index is 0.000000357. The Bertz CT molecular complexity index is 559. The van der Waals surface area contributed by atoms with Crippen LogP contribution in [0.1, 0.15) is 12.5 Å². The van der Waals surface area contributed by atoms with Crippen LogP contribution in [0.2, 0.25) is 0 Å². The quantitative estimate of drug-likeness (QED) is 0.761. The lowest BCUT2D eigenvalue weighted by atomic mass is 10.1. The normalized spacial score (nSPS) is 10.9. The number of carbonyl (C=O) groups is 1. The third-order valence-electron chi connectivity index (χ3n) is 1.83. The number of nitrogens with zero attached hydrogens (tertiary/aromatic N) is 1. The van der Waals surface area contributed by atoms with Gasteiger partial charge in [-0.15, -0.1) is 0 Å². The van der Waals surface area contributed by atoms with E-state index in [0.717, 1.165) is 13.0 Å². The van der Waals surface area contributed by atoms with Gasteiger partial charge in [-0.3, -0.25) is 4.79 Å². The Morgan fingerprint density at radius 1 is 1.44 bits per heavy atom. The number of alkyl halides is 3. The molecule has 0 atom stereocenters. The number of carboxylic acid groups (broad SMARTS) is 1. The largest absolute Gasteiger partial charge is 0.481 e. The van der Waals surface area contributed by atoms with Crippen molar-refractivity contribution in [2.45, 2.75) is 13.1 Å². The molecule has 1 aromatic carbocycles. The third kappa shape index (κ3) is 3.12. The molecule has 1 heterocycles. The lowest BCUT2D eigenvalue weighted by Crippen LogP contribution is -2.05. The molecule has 0 aliphatic heterocycles. The summed E-state index contributed by atoms with van der Waals surface area (Å²) < 4.78 is 42.0. The van der Waals surface area contributed by atoms with Crippen molar-refractivity contribution < 1.29 is 27.6 Å². The van der Waals surface area contributed by atoms with Crippen LogP contribution in [0.3, 0.4) is 0 Å². The number of hydrogen-bond acceptors (Lipinski definition) is 4. The molecule has 2 rings (SSSR count). The first kappa shape index (κ1) is 13.8. The summed E-state index contributed by atoms with van der Waals surface area (Å²) in [7, 11) is 0. The van der Waals surface area contributed by atoms with Gasteiger partial charge in [0, 0.05) is 6.92 Å². The molecule has 2 aromatic rings. The summed E-state index contributed by atoms with van der Waals surface area (Å²) in [6.07, 6.45) is -4.45. The zero-order valence-corrected chi connectivity index (χ0v) is 9.15. The summed E-state index contributed by atoms with van der Waals surface area (Å²) in [6.45, 7) is 1.08. The summed E-state index contributed by atoms with van der Waals surface area (Å²) in [6, 6.07) is 3.57. The van der Waals surface area contributed by atoms with Crippen LogP contribution in [0.25, 0.3) is 11.0 Å². The topological polar surface area (TPSA) is 89.3 Å². The molecule has 5 nitrogen and oxygen atoms in total. The number of hydrogen-bond donors (Lipinski definition) is 2. The predicted octanol–water partition coefficient (Wildman–Crippen LogP) is 2.52. The zero-order valence-electron chi connectivity index (χ0n) is 9.15. The van der Waals surface area contributed by atoms with Crippen molar-refractivity contribution in [2.24, 2.45) is 0 Å². The molecule has 0 fully saturated rings. The summed E-state index contributed by atoms with van der Waals surface area (Å²) in [5, 5.41) is 10.5. The minimum Gasteiger partial charge on any atom is -0.481 e. The highest BCUT2D eigenvalue weighted by Gasteiger charge is 2.34. The van der Waals surface area contributed by atoms with Gasteiger partial charge in [0.25, 0.3) is 5.97 Å². The number of nitrogens with two attached hydrogens (primary N) is 1. The molecule has 0 aliphatic carbocycles. The number of halogens is 3. The lowest BCUT2D eigenvalue weighted by Gasteiger charge is -2.06. The minimum atomic E-state index is -4.45.